The van der Waals surface area contributed by atoms with Gasteiger partial charge < -0.3 is 36.9 Å². The average molecular weight is 504 g/mol. The number of para-hydroxylation sites is 1. The third-order valence-corrected chi connectivity index (χ3v) is 6.34. The van der Waals surface area contributed by atoms with Crippen LogP contribution in [0.25, 0.3) is 10.9 Å². The summed E-state index contributed by atoms with van der Waals surface area (Å²) in [5.41, 5.74) is 7.49. The van der Waals surface area contributed by atoms with Crippen molar-refractivity contribution in [2.24, 2.45) is 17.6 Å². The van der Waals surface area contributed by atoms with Crippen molar-refractivity contribution in [3.05, 3.63) is 36.0 Å². The molecule has 0 saturated heterocycles. The summed E-state index contributed by atoms with van der Waals surface area (Å²) >= 11 is 0. The van der Waals surface area contributed by atoms with E-state index in [2.05, 4.69) is 20.9 Å². The molecule has 0 aliphatic rings. The summed E-state index contributed by atoms with van der Waals surface area (Å²) in [5.74, 6) is -3.83. The van der Waals surface area contributed by atoms with Gasteiger partial charge in [-0.25, -0.2) is 4.79 Å². The third kappa shape index (κ3) is 7.28. The van der Waals surface area contributed by atoms with Gasteiger partial charge in [0.1, 0.15) is 18.1 Å². The first-order valence-corrected chi connectivity index (χ1v) is 12.0. The maximum absolute atomic E-state index is 13.2. The smallest absolute Gasteiger partial charge is 0.326 e. The summed E-state index contributed by atoms with van der Waals surface area (Å²) in [6, 6.07) is 2.87. The number of aromatic nitrogens is 1. The van der Waals surface area contributed by atoms with Crippen molar-refractivity contribution in [3.63, 3.8) is 0 Å². The number of aliphatic carboxylic acids is 1. The van der Waals surface area contributed by atoms with E-state index in [0.29, 0.717) is 6.42 Å². The lowest BCUT2D eigenvalue weighted by molar-refractivity contribution is -0.143. The summed E-state index contributed by atoms with van der Waals surface area (Å²) in [4.78, 5) is 53.4. The summed E-state index contributed by atoms with van der Waals surface area (Å²) in [5, 5.41) is 27.6. The van der Waals surface area contributed by atoms with Gasteiger partial charge in [-0.15, -0.1) is 0 Å². The average Bonchev–Trinajstić information content (AvgIpc) is 3.26. The normalized spacial score (nSPS) is 15.5. The van der Waals surface area contributed by atoms with Crippen molar-refractivity contribution in [3.8, 4) is 0 Å². The molecule has 2 aromatic rings. The van der Waals surface area contributed by atoms with Crippen molar-refractivity contribution in [1.29, 1.82) is 0 Å². The highest BCUT2D eigenvalue weighted by Gasteiger charge is 2.32. The Morgan fingerprint density at radius 3 is 2.17 bits per heavy atom. The number of H-pyrrole nitrogens is 1. The van der Waals surface area contributed by atoms with Gasteiger partial charge in [-0.2, -0.15) is 0 Å². The van der Waals surface area contributed by atoms with Crippen LogP contribution in [-0.4, -0.2) is 69.7 Å². The summed E-state index contributed by atoms with van der Waals surface area (Å²) in [7, 11) is 0. The number of carbonyl (C=O) groups excluding carboxylic acids is 3. The Morgan fingerprint density at radius 1 is 0.972 bits per heavy atom. The molecule has 0 saturated carbocycles. The number of aromatic amines is 1. The number of hydrogen-bond acceptors (Lipinski definition) is 6. The van der Waals surface area contributed by atoms with Gasteiger partial charge in [0.2, 0.25) is 17.7 Å². The molecule has 1 aromatic heterocycles. The standard InChI is InChI=1S/C25H37N5O6/c1-5-14(4)20(26)24(34)29-19(12-31)23(33)28-18(22(32)30-21(13(2)3)25(35)36)10-15-11-27-17-9-7-6-8-16(15)17/h6-9,11,13-14,18-21,27,31H,5,10,12,26H2,1-4H3,(H,28,33)(H,29,34)(H,30,32)(H,35,36). The Bertz CT molecular complexity index is 1070. The summed E-state index contributed by atoms with van der Waals surface area (Å²) in [6.45, 7) is 6.28. The van der Waals surface area contributed by atoms with Crippen molar-refractivity contribution in [1.82, 2.24) is 20.9 Å². The minimum atomic E-state index is -1.34. The minimum Gasteiger partial charge on any atom is -0.480 e. The topological polar surface area (TPSA) is 187 Å². The van der Waals surface area contributed by atoms with Crippen LogP contribution in [0.2, 0.25) is 0 Å². The highest BCUT2D eigenvalue weighted by molar-refractivity contribution is 5.95. The fourth-order valence-corrected chi connectivity index (χ4v) is 3.74. The molecular weight excluding hydrogens is 466 g/mol. The first kappa shape index (κ1) is 28.8. The van der Waals surface area contributed by atoms with Crippen LogP contribution in [0.3, 0.4) is 0 Å². The molecule has 0 spiro atoms. The van der Waals surface area contributed by atoms with Crippen molar-refractivity contribution in [2.45, 2.75) is 64.7 Å². The zero-order valence-electron chi connectivity index (χ0n) is 21.1. The summed E-state index contributed by atoms with van der Waals surface area (Å²) in [6.07, 6.45) is 2.41. The Morgan fingerprint density at radius 2 is 1.58 bits per heavy atom. The van der Waals surface area contributed by atoms with E-state index < -0.39 is 60.4 Å². The third-order valence-electron chi connectivity index (χ3n) is 6.34. The molecule has 3 amide bonds. The maximum atomic E-state index is 13.2. The lowest BCUT2D eigenvalue weighted by atomic mass is 9.99. The second kappa shape index (κ2) is 13.0. The number of carbonyl (C=O) groups is 4. The quantitative estimate of drug-likeness (QED) is 0.204. The van der Waals surface area contributed by atoms with Crippen molar-refractivity contribution < 1.29 is 29.4 Å². The molecule has 1 heterocycles. The molecule has 0 fully saturated rings. The maximum Gasteiger partial charge on any atom is 0.326 e. The number of rotatable bonds is 13. The molecule has 8 N–H and O–H groups in total. The monoisotopic (exact) mass is 503 g/mol. The molecular formula is C25H37N5O6. The van der Waals surface area contributed by atoms with E-state index >= 15 is 0 Å². The molecule has 0 radical (unpaired) electrons. The second-order valence-corrected chi connectivity index (χ2v) is 9.35. The number of aliphatic hydroxyl groups excluding tert-OH is 1. The van der Waals surface area contributed by atoms with Crippen LogP contribution in [0.1, 0.15) is 39.7 Å². The zero-order chi connectivity index (χ0) is 27.0. The van der Waals surface area contributed by atoms with Crippen LogP contribution in [0.4, 0.5) is 0 Å². The SMILES string of the molecule is CCC(C)C(N)C(=O)NC(CO)C(=O)NC(Cc1c[nH]c2ccccc12)C(=O)NC(C(=O)O)C(C)C. The number of carboxylic acids is 1. The fraction of sp³-hybridized carbons (Fsp3) is 0.520. The molecule has 0 bridgehead atoms. The lowest BCUT2D eigenvalue weighted by Gasteiger charge is -2.26. The number of amides is 3. The Labute approximate surface area is 210 Å². The number of nitrogens with two attached hydrogens (primary N) is 1. The lowest BCUT2D eigenvalue weighted by Crippen LogP contribution is -2.59. The Balaban J connectivity index is 2.27. The first-order chi connectivity index (χ1) is 17.0. The predicted molar refractivity (Wildman–Crippen MR) is 135 cm³/mol. The molecule has 5 unspecified atom stereocenters. The fourth-order valence-electron chi connectivity index (χ4n) is 3.74. The van der Waals surface area contributed by atoms with E-state index in [0.717, 1.165) is 16.5 Å². The van der Waals surface area contributed by atoms with Crippen LogP contribution in [0.5, 0.6) is 0 Å². The molecule has 36 heavy (non-hydrogen) atoms. The van der Waals surface area contributed by atoms with Gasteiger partial charge in [0, 0.05) is 23.5 Å². The highest BCUT2D eigenvalue weighted by atomic mass is 16.4. The van der Waals surface area contributed by atoms with Crippen LogP contribution in [0, 0.1) is 11.8 Å². The zero-order valence-corrected chi connectivity index (χ0v) is 21.1. The molecule has 11 heteroatoms. The molecule has 2 rings (SSSR count). The van der Waals surface area contributed by atoms with Crippen molar-refractivity contribution in [2.75, 3.05) is 6.61 Å². The van der Waals surface area contributed by atoms with E-state index in [4.69, 9.17) is 5.73 Å². The van der Waals surface area contributed by atoms with Crippen LogP contribution < -0.4 is 21.7 Å². The summed E-state index contributed by atoms with van der Waals surface area (Å²) < 4.78 is 0. The van der Waals surface area contributed by atoms with Gasteiger partial charge >= 0.3 is 5.97 Å². The van der Waals surface area contributed by atoms with E-state index in [9.17, 15) is 29.4 Å². The van der Waals surface area contributed by atoms with Gasteiger partial charge in [0.25, 0.3) is 0 Å². The van der Waals surface area contributed by atoms with E-state index in [1.807, 2.05) is 31.2 Å². The number of nitrogens with one attached hydrogen (secondary N) is 4. The Kier molecular flexibility index (Phi) is 10.4. The molecule has 5 atom stereocenters. The number of carboxylic acid groups (broad SMARTS) is 1. The predicted octanol–water partition coefficient (Wildman–Crippen LogP) is 0.271. The number of fused-ring (bicyclic) bond motifs is 1. The molecule has 0 aliphatic heterocycles. The number of hydrogen-bond donors (Lipinski definition) is 7. The molecule has 11 nitrogen and oxygen atoms in total. The molecule has 1 aromatic carbocycles. The van der Waals surface area contributed by atoms with Crippen LogP contribution in [0.15, 0.2) is 30.5 Å². The van der Waals surface area contributed by atoms with Crippen molar-refractivity contribution >= 4 is 34.6 Å². The van der Waals surface area contributed by atoms with Gasteiger partial charge in [-0.05, 0) is 23.5 Å². The van der Waals surface area contributed by atoms with E-state index in [-0.39, 0.29) is 12.3 Å². The van der Waals surface area contributed by atoms with E-state index in [1.165, 1.54) is 0 Å². The highest BCUT2D eigenvalue weighted by Crippen LogP contribution is 2.19. The van der Waals surface area contributed by atoms with Crippen LogP contribution >= 0.6 is 0 Å². The first-order valence-electron chi connectivity index (χ1n) is 12.0. The van der Waals surface area contributed by atoms with Gasteiger partial charge in [-0.1, -0.05) is 52.3 Å². The van der Waals surface area contributed by atoms with Crippen LogP contribution in [-0.2, 0) is 25.6 Å². The number of aliphatic hydroxyl groups is 1. The molecule has 198 valence electrons. The largest absolute Gasteiger partial charge is 0.480 e. The minimum absolute atomic E-state index is 0.0461. The van der Waals surface area contributed by atoms with Gasteiger partial charge in [0.05, 0.1) is 12.6 Å². The second-order valence-electron chi connectivity index (χ2n) is 9.35. The molecule has 0 aliphatic carbocycles. The Hall–Kier alpha value is -3.44. The number of benzene rings is 1. The van der Waals surface area contributed by atoms with Gasteiger partial charge in [0.15, 0.2) is 0 Å². The van der Waals surface area contributed by atoms with Gasteiger partial charge in [-0.3, -0.25) is 14.4 Å². The van der Waals surface area contributed by atoms with E-state index in [1.54, 1.807) is 27.0 Å².